The van der Waals surface area contributed by atoms with Crippen LogP contribution in [-0.2, 0) is 0 Å². The summed E-state index contributed by atoms with van der Waals surface area (Å²) in [6, 6.07) is 15.5. The molecular formula is C20H21BrN4OS. The zero-order valence-electron chi connectivity index (χ0n) is 15.3. The van der Waals surface area contributed by atoms with Gasteiger partial charge >= 0.3 is 0 Å². The number of benzene rings is 2. The van der Waals surface area contributed by atoms with Crippen LogP contribution < -0.4 is 5.32 Å². The van der Waals surface area contributed by atoms with Crippen LogP contribution in [0, 0.1) is 0 Å². The molecule has 0 aliphatic heterocycles. The summed E-state index contributed by atoms with van der Waals surface area (Å²) in [5, 5.41) is 3.58. The third kappa shape index (κ3) is 5.51. The summed E-state index contributed by atoms with van der Waals surface area (Å²) in [6.07, 6.45) is 0.884. The topological polar surface area (TPSA) is 58.1 Å². The molecule has 2 aromatic carbocycles. The lowest BCUT2D eigenvalue weighted by molar-refractivity contribution is 0.0943. The molecule has 7 heteroatoms. The van der Waals surface area contributed by atoms with Crippen molar-refractivity contribution in [1.82, 2.24) is 20.2 Å². The Morgan fingerprint density at radius 1 is 1.07 bits per heavy atom. The maximum absolute atomic E-state index is 12.8. The first-order valence-corrected chi connectivity index (χ1v) is 10.3. The van der Waals surface area contributed by atoms with Gasteiger partial charge in [-0.15, -0.1) is 0 Å². The van der Waals surface area contributed by atoms with Gasteiger partial charge in [-0.05, 0) is 63.5 Å². The van der Waals surface area contributed by atoms with Crippen LogP contribution in [0.1, 0.15) is 16.9 Å². The minimum Gasteiger partial charge on any atom is -0.351 e. The van der Waals surface area contributed by atoms with E-state index in [1.54, 1.807) is 0 Å². The molecule has 0 fully saturated rings. The second kappa shape index (κ2) is 9.30. The molecule has 0 bridgehead atoms. The minimum absolute atomic E-state index is 0.188. The van der Waals surface area contributed by atoms with E-state index in [2.05, 4.69) is 31.1 Å². The van der Waals surface area contributed by atoms with E-state index in [9.17, 15) is 4.79 Å². The van der Waals surface area contributed by atoms with E-state index < -0.39 is 0 Å². The summed E-state index contributed by atoms with van der Waals surface area (Å²) < 4.78 is 1.01. The van der Waals surface area contributed by atoms with E-state index in [1.807, 2.05) is 62.6 Å². The Bertz CT molecular complexity index is 931. The number of halogens is 1. The van der Waals surface area contributed by atoms with Crippen molar-refractivity contribution in [1.29, 1.82) is 0 Å². The summed E-state index contributed by atoms with van der Waals surface area (Å²) in [5.74, 6) is -0.188. The van der Waals surface area contributed by atoms with Crippen LogP contribution in [0.4, 0.5) is 0 Å². The second-order valence-corrected chi connectivity index (χ2v) is 8.31. The van der Waals surface area contributed by atoms with Crippen LogP contribution in [0.25, 0.3) is 11.0 Å². The predicted octanol–water partition coefficient (Wildman–Crippen LogP) is 4.23. The standard InChI is InChI=1S/C20H21BrN4OS/c1-25(2)13-5-12-22-19(26)18-20(27-15-10-8-14(21)9-11-15)24-17-7-4-3-6-16(17)23-18/h3-4,6-11H,5,12-13H2,1-2H3,(H,22,26). The van der Waals surface area contributed by atoms with Gasteiger partial charge in [0.05, 0.1) is 11.0 Å². The Kier molecular flexibility index (Phi) is 6.82. The first-order chi connectivity index (χ1) is 13.0. The molecule has 0 unspecified atom stereocenters. The van der Waals surface area contributed by atoms with Crippen LogP contribution in [0.5, 0.6) is 0 Å². The average molecular weight is 445 g/mol. The van der Waals surface area contributed by atoms with Crippen LogP contribution in [0.3, 0.4) is 0 Å². The molecule has 1 aromatic heterocycles. The fraction of sp³-hybridized carbons (Fsp3) is 0.250. The zero-order chi connectivity index (χ0) is 19.2. The molecule has 0 saturated carbocycles. The van der Waals surface area contributed by atoms with E-state index in [0.717, 1.165) is 33.4 Å². The SMILES string of the molecule is CN(C)CCCNC(=O)c1nc2ccccc2nc1Sc1ccc(Br)cc1. The molecule has 5 nitrogen and oxygen atoms in total. The molecule has 0 aliphatic rings. The Balaban J connectivity index is 1.86. The Morgan fingerprint density at radius 3 is 2.41 bits per heavy atom. The molecule has 1 amide bonds. The summed E-state index contributed by atoms with van der Waals surface area (Å²) in [7, 11) is 4.03. The van der Waals surface area contributed by atoms with Crippen molar-refractivity contribution in [2.75, 3.05) is 27.2 Å². The number of aromatic nitrogens is 2. The minimum atomic E-state index is -0.188. The van der Waals surface area contributed by atoms with Gasteiger partial charge in [-0.2, -0.15) is 0 Å². The lowest BCUT2D eigenvalue weighted by atomic mass is 10.3. The van der Waals surface area contributed by atoms with Crippen molar-refractivity contribution in [3.8, 4) is 0 Å². The summed E-state index contributed by atoms with van der Waals surface area (Å²) in [5.41, 5.74) is 1.86. The first kappa shape index (κ1) is 19.8. The van der Waals surface area contributed by atoms with Gasteiger partial charge in [-0.3, -0.25) is 4.79 Å². The van der Waals surface area contributed by atoms with Crippen LogP contribution >= 0.6 is 27.7 Å². The number of carbonyl (C=O) groups excluding carboxylic acids is 1. The van der Waals surface area contributed by atoms with Gasteiger partial charge in [0.15, 0.2) is 5.69 Å². The fourth-order valence-corrected chi connectivity index (χ4v) is 3.64. The van der Waals surface area contributed by atoms with Crippen molar-refractivity contribution < 1.29 is 4.79 Å². The molecule has 3 rings (SSSR count). The summed E-state index contributed by atoms with van der Waals surface area (Å²) in [4.78, 5) is 25.1. The molecule has 0 saturated heterocycles. The second-order valence-electron chi connectivity index (χ2n) is 6.33. The fourth-order valence-electron chi connectivity index (χ4n) is 2.50. The molecule has 0 radical (unpaired) electrons. The molecule has 0 atom stereocenters. The van der Waals surface area contributed by atoms with Crippen LogP contribution in [-0.4, -0.2) is 48.0 Å². The number of carbonyl (C=O) groups is 1. The smallest absolute Gasteiger partial charge is 0.272 e. The van der Waals surface area contributed by atoms with Gasteiger partial charge in [-0.1, -0.05) is 39.8 Å². The van der Waals surface area contributed by atoms with Crippen LogP contribution in [0.2, 0.25) is 0 Å². The highest BCUT2D eigenvalue weighted by Crippen LogP contribution is 2.30. The number of fused-ring (bicyclic) bond motifs is 1. The molecule has 140 valence electrons. The Morgan fingerprint density at radius 2 is 1.74 bits per heavy atom. The highest BCUT2D eigenvalue weighted by atomic mass is 79.9. The average Bonchev–Trinajstić information content (AvgIpc) is 2.66. The molecule has 1 heterocycles. The van der Waals surface area contributed by atoms with E-state index >= 15 is 0 Å². The normalized spacial score (nSPS) is 11.1. The first-order valence-electron chi connectivity index (χ1n) is 8.66. The highest BCUT2D eigenvalue weighted by Gasteiger charge is 2.17. The predicted molar refractivity (Wildman–Crippen MR) is 113 cm³/mol. The van der Waals surface area contributed by atoms with E-state index in [4.69, 9.17) is 4.98 Å². The van der Waals surface area contributed by atoms with Gasteiger partial charge in [0, 0.05) is 15.9 Å². The molecule has 0 spiro atoms. The van der Waals surface area contributed by atoms with Crippen molar-refractivity contribution in [2.45, 2.75) is 16.3 Å². The Labute approximate surface area is 171 Å². The molecule has 27 heavy (non-hydrogen) atoms. The van der Waals surface area contributed by atoms with Gasteiger partial charge in [0.25, 0.3) is 5.91 Å². The highest BCUT2D eigenvalue weighted by molar-refractivity contribution is 9.10. The lowest BCUT2D eigenvalue weighted by Gasteiger charge is -2.12. The van der Waals surface area contributed by atoms with Crippen molar-refractivity contribution in [2.24, 2.45) is 0 Å². The lowest BCUT2D eigenvalue weighted by Crippen LogP contribution is -2.28. The summed E-state index contributed by atoms with van der Waals surface area (Å²) in [6.45, 7) is 1.53. The quantitative estimate of drug-likeness (QED) is 0.552. The number of hydrogen-bond donors (Lipinski definition) is 1. The van der Waals surface area contributed by atoms with Crippen molar-refractivity contribution in [3.63, 3.8) is 0 Å². The van der Waals surface area contributed by atoms with E-state index in [1.165, 1.54) is 11.8 Å². The Hall–Kier alpha value is -1.96. The van der Waals surface area contributed by atoms with E-state index in [0.29, 0.717) is 17.3 Å². The number of nitrogens with one attached hydrogen (secondary N) is 1. The maximum Gasteiger partial charge on any atom is 0.272 e. The van der Waals surface area contributed by atoms with Gasteiger partial charge < -0.3 is 10.2 Å². The van der Waals surface area contributed by atoms with Crippen LogP contribution in [0.15, 0.2) is 62.9 Å². The van der Waals surface area contributed by atoms with Crippen molar-refractivity contribution >= 4 is 44.6 Å². The third-order valence-electron chi connectivity index (χ3n) is 3.85. The zero-order valence-corrected chi connectivity index (χ0v) is 17.7. The van der Waals surface area contributed by atoms with E-state index in [-0.39, 0.29) is 5.91 Å². The summed E-state index contributed by atoms with van der Waals surface area (Å²) >= 11 is 4.89. The van der Waals surface area contributed by atoms with Gasteiger partial charge in [-0.25, -0.2) is 9.97 Å². The van der Waals surface area contributed by atoms with Crippen molar-refractivity contribution in [3.05, 3.63) is 58.7 Å². The number of nitrogens with zero attached hydrogens (tertiary/aromatic N) is 3. The van der Waals surface area contributed by atoms with Gasteiger partial charge in [0.1, 0.15) is 5.03 Å². The van der Waals surface area contributed by atoms with Gasteiger partial charge in [0.2, 0.25) is 0 Å². The number of amides is 1. The molecular weight excluding hydrogens is 424 g/mol. The number of hydrogen-bond acceptors (Lipinski definition) is 5. The molecule has 3 aromatic rings. The number of para-hydroxylation sites is 2. The third-order valence-corrected chi connectivity index (χ3v) is 5.36. The maximum atomic E-state index is 12.8. The number of rotatable bonds is 7. The monoisotopic (exact) mass is 444 g/mol. The molecule has 0 aliphatic carbocycles. The molecule has 1 N–H and O–H groups in total. The largest absolute Gasteiger partial charge is 0.351 e.